The third kappa shape index (κ3) is 3.05. The Hall–Kier alpha value is -0.930. The van der Waals surface area contributed by atoms with Gasteiger partial charge >= 0.3 is 0 Å². The van der Waals surface area contributed by atoms with Gasteiger partial charge in [-0.2, -0.15) is 0 Å². The van der Waals surface area contributed by atoms with Crippen LogP contribution in [0.1, 0.15) is 55.1 Å². The van der Waals surface area contributed by atoms with E-state index in [2.05, 4.69) is 22.5 Å². The van der Waals surface area contributed by atoms with Gasteiger partial charge in [0.25, 0.3) is 0 Å². The minimum Gasteiger partial charge on any atom is -0.271 e. The first-order valence-electron chi connectivity index (χ1n) is 6.62. The van der Waals surface area contributed by atoms with E-state index in [-0.39, 0.29) is 6.04 Å². The Kier molecular flexibility index (Phi) is 4.13. The summed E-state index contributed by atoms with van der Waals surface area (Å²) in [4.78, 5) is 4.43. The van der Waals surface area contributed by atoms with Crippen molar-refractivity contribution in [2.45, 2.75) is 52.0 Å². The molecule has 0 spiro atoms. The maximum atomic E-state index is 5.77. The van der Waals surface area contributed by atoms with Gasteiger partial charge in [0.05, 0.1) is 0 Å². The Morgan fingerprint density at radius 3 is 2.29 bits per heavy atom. The van der Waals surface area contributed by atoms with Gasteiger partial charge in [-0.1, -0.05) is 19.3 Å². The van der Waals surface area contributed by atoms with Gasteiger partial charge in [0.15, 0.2) is 0 Å². The first-order valence-corrected chi connectivity index (χ1v) is 6.62. The number of hydrogen-bond acceptors (Lipinski definition) is 3. The van der Waals surface area contributed by atoms with Crippen LogP contribution in [0.2, 0.25) is 0 Å². The number of nitrogens with one attached hydrogen (secondary N) is 1. The zero-order valence-corrected chi connectivity index (χ0v) is 10.9. The average Bonchev–Trinajstić information content (AvgIpc) is 2.30. The van der Waals surface area contributed by atoms with Crippen LogP contribution in [0.4, 0.5) is 0 Å². The third-order valence-corrected chi connectivity index (χ3v) is 3.76. The van der Waals surface area contributed by atoms with Gasteiger partial charge in [-0.15, -0.1) is 0 Å². The molecule has 1 atom stereocenters. The van der Waals surface area contributed by atoms with E-state index in [4.69, 9.17) is 5.84 Å². The van der Waals surface area contributed by atoms with Gasteiger partial charge in [0, 0.05) is 17.4 Å². The normalized spacial score (nSPS) is 19.2. The predicted octanol–water partition coefficient (Wildman–Crippen LogP) is 2.78. The molecule has 94 valence electrons. The summed E-state index contributed by atoms with van der Waals surface area (Å²) in [5, 5.41) is 0. The molecule has 1 aliphatic carbocycles. The molecule has 3 N–H and O–H groups in total. The number of pyridine rings is 1. The number of rotatable bonds is 3. The van der Waals surface area contributed by atoms with Crippen LogP contribution in [0.3, 0.4) is 0 Å². The standard InChI is InChI=1S/C14H23N3/c1-10-8-13(9-11(2)16-10)14(17-15)12-6-4-3-5-7-12/h8-9,12,14,17H,3-7,15H2,1-2H3. The predicted molar refractivity (Wildman–Crippen MR) is 70.4 cm³/mol. The highest BCUT2D eigenvalue weighted by atomic mass is 15.2. The second kappa shape index (κ2) is 5.61. The lowest BCUT2D eigenvalue weighted by molar-refractivity contribution is 0.273. The highest BCUT2D eigenvalue weighted by Crippen LogP contribution is 2.34. The molecule has 17 heavy (non-hydrogen) atoms. The van der Waals surface area contributed by atoms with Crippen LogP contribution in [-0.4, -0.2) is 4.98 Å². The quantitative estimate of drug-likeness (QED) is 0.623. The maximum Gasteiger partial charge on any atom is 0.0489 e. The van der Waals surface area contributed by atoms with Gasteiger partial charge in [-0.3, -0.25) is 16.3 Å². The van der Waals surface area contributed by atoms with E-state index in [0.29, 0.717) is 5.92 Å². The Labute approximate surface area is 104 Å². The molecule has 2 rings (SSSR count). The lowest BCUT2D eigenvalue weighted by atomic mass is 9.81. The van der Waals surface area contributed by atoms with Crippen LogP contribution in [0.5, 0.6) is 0 Å². The van der Waals surface area contributed by atoms with Crippen molar-refractivity contribution < 1.29 is 0 Å². The van der Waals surface area contributed by atoms with E-state index in [1.165, 1.54) is 37.7 Å². The maximum absolute atomic E-state index is 5.77. The van der Waals surface area contributed by atoms with E-state index in [1.807, 2.05) is 13.8 Å². The van der Waals surface area contributed by atoms with Crippen molar-refractivity contribution in [3.8, 4) is 0 Å². The van der Waals surface area contributed by atoms with Gasteiger partial charge in [-0.25, -0.2) is 0 Å². The molecule has 1 heterocycles. The summed E-state index contributed by atoms with van der Waals surface area (Å²) in [6.45, 7) is 4.09. The Balaban J connectivity index is 2.21. The number of nitrogens with zero attached hydrogens (tertiary/aromatic N) is 1. The molecular weight excluding hydrogens is 210 g/mol. The molecule has 0 amide bonds. The lowest BCUT2D eigenvalue weighted by Crippen LogP contribution is -2.34. The molecule has 0 aliphatic heterocycles. The second-order valence-electron chi connectivity index (χ2n) is 5.23. The molecule has 1 aromatic heterocycles. The smallest absolute Gasteiger partial charge is 0.0489 e. The van der Waals surface area contributed by atoms with Gasteiger partial charge in [-0.05, 0) is 50.3 Å². The molecule has 1 aliphatic rings. The zero-order valence-electron chi connectivity index (χ0n) is 10.9. The fourth-order valence-electron chi connectivity index (χ4n) is 3.02. The third-order valence-electron chi connectivity index (χ3n) is 3.76. The molecular formula is C14H23N3. The minimum absolute atomic E-state index is 0.288. The van der Waals surface area contributed by atoms with Crippen LogP contribution in [0.15, 0.2) is 12.1 Å². The number of nitrogens with two attached hydrogens (primary N) is 1. The molecule has 1 aromatic rings. The van der Waals surface area contributed by atoms with Crippen LogP contribution in [0.25, 0.3) is 0 Å². The van der Waals surface area contributed by atoms with Crippen LogP contribution < -0.4 is 11.3 Å². The Morgan fingerprint density at radius 2 is 1.76 bits per heavy atom. The minimum atomic E-state index is 0.288. The van der Waals surface area contributed by atoms with Crippen LogP contribution >= 0.6 is 0 Å². The van der Waals surface area contributed by atoms with E-state index < -0.39 is 0 Å². The molecule has 1 saturated carbocycles. The Morgan fingerprint density at radius 1 is 1.18 bits per heavy atom. The summed E-state index contributed by atoms with van der Waals surface area (Å²) >= 11 is 0. The SMILES string of the molecule is Cc1cc(C(NN)C2CCCCC2)cc(C)n1. The summed E-state index contributed by atoms with van der Waals surface area (Å²) in [5.41, 5.74) is 6.47. The second-order valence-corrected chi connectivity index (χ2v) is 5.23. The molecule has 1 fully saturated rings. The number of hydrazine groups is 1. The summed E-state index contributed by atoms with van der Waals surface area (Å²) in [7, 11) is 0. The van der Waals surface area contributed by atoms with Gasteiger partial charge < -0.3 is 0 Å². The average molecular weight is 233 g/mol. The van der Waals surface area contributed by atoms with Crippen molar-refractivity contribution in [2.75, 3.05) is 0 Å². The molecule has 3 heteroatoms. The van der Waals surface area contributed by atoms with Crippen molar-refractivity contribution in [1.29, 1.82) is 0 Å². The lowest BCUT2D eigenvalue weighted by Gasteiger charge is -2.30. The van der Waals surface area contributed by atoms with Crippen molar-refractivity contribution in [3.63, 3.8) is 0 Å². The van der Waals surface area contributed by atoms with E-state index in [9.17, 15) is 0 Å². The zero-order chi connectivity index (χ0) is 12.3. The largest absolute Gasteiger partial charge is 0.271 e. The highest BCUT2D eigenvalue weighted by Gasteiger charge is 2.24. The molecule has 3 nitrogen and oxygen atoms in total. The summed E-state index contributed by atoms with van der Waals surface area (Å²) in [6.07, 6.45) is 6.63. The van der Waals surface area contributed by atoms with E-state index in [1.54, 1.807) is 0 Å². The van der Waals surface area contributed by atoms with E-state index in [0.717, 1.165) is 11.4 Å². The topological polar surface area (TPSA) is 50.9 Å². The summed E-state index contributed by atoms with van der Waals surface area (Å²) in [5.74, 6) is 6.44. The van der Waals surface area contributed by atoms with E-state index >= 15 is 0 Å². The number of aryl methyl sites for hydroxylation is 2. The first kappa shape index (κ1) is 12.5. The van der Waals surface area contributed by atoms with Crippen LogP contribution in [0, 0.1) is 19.8 Å². The molecule has 0 radical (unpaired) electrons. The van der Waals surface area contributed by atoms with Gasteiger partial charge in [0.2, 0.25) is 0 Å². The highest BCUT2D eigenvalue weighted by molar-refractivity contribution is 5.24. The van der Waals surface area contributed by atoms with Crippen molar-refractivity contribution in [3.05, 3.63) is 29.1 Å². The summed E-state index contributed by atoms with van der Waals surface area (Å²) in [6, 6.07) is 4.61. The number of aromatic nitrogens is 1. The van der Waals surface area contributed by atoms with Crippen molar-refractivity contribution >= 4 is 0 Å². The fourth-order valence-corrected chi connectivity index (χ4v) is 3.02. The molecule has 0 saturated heterocycles. The van der Waals surface area contributed by atoms with Crippen molar-refractivity contribution in [2.24, 2.45) is 11.8 Å². The van der Waals surface area contributed by atoms with Crippen molar-refractivity contribution in [1.82, 2.24) is 10.4 Å². The van der Waals surface area contributed by atoms with Gasteiger partial charge in [0.1, 0.15) is 0 Å². The molecule has 0 bridgehead atoms. The summed E-state index contributed by atoms with van der Waals surface area (Å²) < 4.78 is 0. The molecule has 0 aromatic carbocycles. The first-order chi connectivity index (χ1) is 8.20. The Bertz CT molecular complexity index is 349. The number of hydrogen-bond donors (Lipinski definition) is 2. The monoisotopic (exact) mass is 233 g/mol. The van der Waals surface area contributed by atoms with Crippen LogP contribution in [-0.2, 0) is 0 Å². The fraction of sp³-hybridized carbons (Fsp3) is 0.643. The molecule has 1 unspecified atom stereocenters.